The molecule has 2 N–H and O–H groups in total. The zero-order chi connectivity index (χ0) is 18.4. The molecule has 0 spiro atoms. The predicted molar refractivity (Wildman–Crippen MR) is 119 cm³/mol. The number of nitrogens with zero attached hydrogens (tertiary/aromatic N) is 2. The van der Waals surface area contributed by atoms with E-state index in [2.05, 4.69) is 21.7 Å². The Hall–Kier alpha value is -2.53. The Bertz CT molecular complexity index is 925. The zero-order valence-electron chi connectivity index (χ0n) is 15.4. The van der Waals surface area contributed by atoms with Crippen LogP contribution in [0.1, 0.15) is 36.8 Å². The van der Waals surface area contributed by atoms with Gasteiger partial charge < -0.3 is 15.1 Å². The van der Waals surface area contributed by atoms with E-state index in [1.54, 1.807) is 6.07 Å². The Balaban J connectivity index is 0.00000261. The molecular formula is C21H23IN4O. The van der Waals surface area contributed by atoms with E-state index >= 15 is 0 Å². The highest BCUT2D eigenvalue weighted by Crippen LogP contribution is 2.23. The Morgan fingerprint density at radius 2 is 2.00 bits per heavy atom. The van der Waals surface area contributed by atoms with E-state index in [0.29, 0.717) is 18.1 Å². The summed E-state index contributed by atoms with van der Waals surface area (Å²) in [6.07, 6.45) is 0. The number of hydrogen-bond donors (Lipinski definition) is 2. The van der Waals surface area contributed by atoms with Crippen LogP contribution in [0.15, 0.2) is 64.0 Å². The number of fused-ring (bicyclic) bond motifs is 1. The maximum absolute atomic E-state index is 9.01. The second kappa shape index (κ2) is 9.97. The number of rotatable bonds is 5. The minimum Gasteiger partial charge on any atom is -0.459 e. The van der Waals surface area contributed by atoms with Crippen molar-refractivity contribution in [1.29, 1.82) is 5.26 Å². The Morgan fingerprint density at radius 3 is 2.74 bits per heavy atom. The van der Waals surface area contributed by atoms with Crippen LogP contribution in [-0.4, -0.2) is 12.5 Å². The Kier molecular flexibility index (Phi) is 7.67. The molecule has 0 aliphatic carbocycles. The molecule has 140 valence electrons. The van der Waals surface area contributed by atoms with Gasteiger partial charge in [0, 0.05) is 11.9 Å². The third-order valence-corrected chi connectivity index (χ3v) is 4.04. The molecule has 1 aromatic heterocycles. The van der Waals surface area contributed by atoms with E-state index < -0.39 is 0 Å². The van der Waals surface area contributed by atoms with Crippen molar-refractivity contribution < 1.29 is 4.42 Å². The fraction of sp³-hybridized carbons (Fsp3) is 0.238. The van der Waals surface area contributed by atoms with Gasteiger partial charge in [-0.25, -0.2) is 4.99 Å². The first-order valence-corrected chi connectivity index (χ1v) is 8.72. The maximum Gasteiger partial charge on any atom is 0.192 e. The van der Waals surface area contributed by atoms with Crippen molar-refractivity contribution in [3.05, 3.63) is 71.5 Å². The standard InChI is InChI=1S/C21H22N4O.HI/c1-3-23-21(24-14-17-8-6-7-16(11-17)13-22)25-15(2)20-12-18-9-4-5-10-19(18)26-20;/h4-12,15H,3,14H2,1-2H3,(H2,23,24,25);1H. The van der Waals surface area contributed by atoms with Crippen LogP contribution in [0.25, 0.3) is 11.0 Å². The van der Waals surface area contributed by atoms with Crippen LogP contribution >= 0.6 is 24.0 Å². The summed E-state index contributed by atoms with van der Waals surface area (Å²) in [4.78, 5) is 4.62. The molecule has 1 atom stereocenters. The summed E-state index contributed by atoms with van der Waals surface area (Å²) >= 11 is 0. The molecule has 0 aliphatic heterocycles. The molecule has 5 nitrogen and oxygen atoms in total. The summed E-state index contributed by atoms with van der Waals surface area (Å²) in [6, 6.07) is 19.6. The van der Waals surface area contributed by atoms with Gasteiger partial charge in [-0.2, -0.15) is 5.26 Å². The summed E-state index contributed by atoms with van der Waals surface area (Å²) in [5, 5.41) is 16.7. The Morgan fingerprint density at radius 1 is 1.19 bits per heavy atom. The van der Waals surface area contributed by atoms with Crippen molar-refractivity contribution in [3.63, 3.8) is 0 Å². The van der Waals surface area contributed by atoms with Crippen LogP contribution in [0.2, 0.25) is 0 Å². The van der Waals surface area contributed by atoms with Gasteiger partial charge in [0.1, 0.15) is 11.3 Å². The van der Waals surface area contributed by atoms with Gasteiger partial charge in [-0.1, -0.05) is 30.3 Å². The molecule has 2 aromatic carbocycles. The molecule has 1 unspecified atom stereocenters. The Labute approximate surface area is 176 Å². The predicted octanol–water partition coefficient (Wildman–Crippen LogP) is 4.74. The normalized spacial score (nSPS) is 12.1. The van der Waals surface area contributed by atoms with Gasteiger partial charge in [-0.3, -0.25) is 0 Å². The lowest BCUT2D eigenvalue weighted by Gasteiger charge is -2.16. The fourth-order valence-corrected chi connectivity index (χ4v) is 2.72. The number of hydrogen-bond acceptors (Lipinski definition) is 3. The van der Waals surface area contributed by atoms with Crippen LogP contribution < -0.4 is 10.6 Å². The SMILES string of the molecule is CCNC(=NCc1cccc(C#N)c1)NC(C)c1cc2ccccc2o1.I. The number of para-hydroxylation sites is 1. The quantitative estimate of drug-likeness (QED) is 0.319. The third kappa shape index (κ3) is 5.47. The van der Waals surface area contributed by atoms with Gasteiger partial charge in [0.05, 0.1) is 24.2 Å². The van der Waals surface area contributed by atoms with Gasteiger partial charge in [-0.15, -0.1) is 24.0 Å². The fourth-order valence-electron chi connectivity index (χ4n) is 2.72. The van der Waals surface area contributed by atoms with E-state index in [9.17, 15) is 0 Å². The maximum atomic E-state index is 9.01. The monoisotopic (exact) mass is 474 g/mol. The van der Waals surface area contributed by atoms with Gasteiger partial charge >= 0.3 is 0 Å². The molecule has 27 heavy (non-hydrogen) atoms. The summed E-state index contributed by atoms with van der Waals surface area (Å²) in [7, 11) is 0. The molecule has 3 rings (SSSR count). The smallest absolute Gasteiger partial charge is 0.192 e. The number of guanidine groups is 1. The minimum atomic E-state index is -0.0226. The number of nitrogens with one attached hydrogen (secondary N) is 2. The molecule has 0 fully saturated rings. The van der Waals surface area contributed by atoms with Gasteiger partial charge in [0.2, 0.25) is 0 Å². The average Bonchev–Trinajstić information content (AvgIpc) is 3.11. The van der Waals surface area contributed by atoms with Crippen molar-refractivity contribution >= 4 is 40.9 Å². The highest BCUT2D eigenvalue weighted by molar-refractivity contribution is 14.0. The van der Waals surface area contributed by atoms with Crippen molar-refractivity contribution in [3.8, 4) is 6.07 Å². The first-order valence-electron chi connectivity index (χ1n) is 8.72. The van der Waals surface area contributed by atoms with Crippen molar-refractivity contribution in [1.82, 2.24) is 10.6 Å². The van der Waals surface area contributed by atoms with Crippen molar-refractivity contribution in [2.45, 2.75) is 26.4 Å². The molecule has 0 saturated heterocycles. The lowest BCUT2D eigenvalue weighted by atomic mass is 10.1. The minimum absolute atomic E-state index is 0. The largest absolute Gasteiger partial charge is 0.459 e. The average molecular weight is 474 g/mol. The third-order valence-electron chi connectivity index (χ3n) is 4.04. The zero-order valence-corrected chi connectivity index (χ0v) is 17.7. The number of halogens is 1. The van der Waals surface area contributed by atoms with E-state index in [1.807, 2.05) is 62.4 Å². The van der Waals surface area contributed by atoms with Gasteiger partial charge in [0.25, 0.3) is 0 Å². The number of benzene rings is 2. The van der Waals surface area contributed by atoms with Crippen molar-refractivity contribution in [2.75, 3.05) is 6.54 Å². The molecular weight excluding hydrogens is 451 g/mol. The number of aliphatic imine (C=N–C) groups is 1. The lowest BCUT2D eigenvalue weighted by Crippen LogP contribution is -2.38. The number of nitriles is 1. The second-order valence-corrected chi connectivity index (χ2v) is 6.06. The van der Waals surface area contributed by atoms with E-state index in [0.717, 1.165) is 28.8 Å². The number of furan rings is 1. The van der Waals surface area contributed by atoms with Crippen LogP contribution in [0.5, 0.6) is 0 Å². The van der Waals surface area contributed by atoms with Crippen LogP contribution in [0.3, 0.4) is 0 Å². The highest BCUT2D eigenvalue weighted by atomic mass is 127. The van der Waals surface area contributed by atoms with Gasteiger partial charge in [-0.05, 0) is 43.7 Å². The summed E-state index contributed by atoms with van der Waals surface area (Å²) in [5.74, 6) is 1.58. The van der Waals surface area contributed by atoms with E-state index in [-0.39, 0.29) is 30.0 Å². The van der Waals surface area contributed by atoms with Crippen LogP contribution in [-0.2, 0) is 6.54 Å². The first-order chi connectivity index (χ1) is 12.7. The van der Waals surface area contributed by atoms with Crippen LogP contribution in [0.4, 0.5) is 0 Å². The summed E-state index contributed by atoms with van der Waals surface area (Å²) < 4.78 is 5.92. The van der Waals surface area contributed by atoms with Gasteiger partial charge in [0.15, 0.2) is 5.96 Å². The van der Waals surface area contributed by atoms with Crippen LogP contribution in [0, 0.1) is 11.3 Å². The second-order valence-electron chi connectivity index (χ2n) is 6.06. The molecule has 3 aromatic rings. The first kappa shape index (κ1) is 20.8. The summed E-state index contributed by atoms with van der Waals surface area (Å²) in [5.41, 5.74) is 2.52. The molecule has 0 aliphatic rings. The highest BCUT2D eigenvalue weighted by Gasteiger charge is 2.13. The van der Waals surface area contributed by atoms with E-state index in [4.69, 9.17) is 9.68 Å². The molecule has 1 heterocycles. The van der Waals surface area contributed by atoms with Crippen molar-refractivity contribution in [2.24, 2.45) is 4.99 Å². The summed E-state index contributed by atoms with van der Waals surface area (Å²) in [6.45, 7) is 5.33. The molecule has 0 radical (unpaired) electrons. The lowest BCUT2D eigenvalue weighted by molar-refractivity contribution is 0.488. The molecule has 0 amide bonds. The molecule has 6 heteroatoms. The van der Waals surface area contributed by atoms with E-state index in [1.165, 1.54) is 0 Å². The molecule has 0 bridgehead atoms. The molecule has 0 saturated carbocycles. The topological polar surface area (TPSA) is 73.3 Å².